The van der Waals surface area contributed by atoms with Crippen LogP contribution in [0.4, 0.5) is 23.0 Å². The van der Waals surface area contributed by atoms with Crippen molar-refractivity contribution in [3.63, 3.8) is 0 Å². The molecule has 120 valence electrons. The fraction of sp³-hybridized carbons (Fsp3) is 0.0556. The van der Waals surface area contributed by atoms with E-state index in [1.165, 1.54) is 6.20 Å². The van der Waals surface area contributed by atoms with Gasteiger partial charge in [0.1, 0.15) is 11.6 Å². The lowest BCUT2D eigenvalue weighted by molar-refractivity contribution is 0.100. The minimum atomic E-state index is -0.539. The number of nitrogens with one attached hydrogen (secondary N) is 2. The fourth-order valence-electron chi connectivity index (χ4n) is 2.25. The van der Waals surface area contributed by atoms with Crippen molar-refractivity contribution < 1.29 is 4.79 Å². The first kappa shape index (κ1) is 15.5. The van der Waals surface area contributed by atoms with Crippen molar-refractivity contribution in [3.8, 4) is 0 Å². The average Bonchev–Trinajstić information content (AvgIpc) is 2.58. The summed E-state index contributed by atoms with van der Waals surface area (Å²) in [6.07, 6.45) is 3.14. The zero-order valence-corrected chi connectivity index (χ0v) is 13.2. The molecule has 0 aliphatic rings. The number of carbonyl (C=O) groups excluding carboxylic acids is 1. The number of para-hydroxylation sites is 1. The van der Waals surface area contributed by atoms with Gasteiger partial charge in [-0.05, 0) is 30.7 Å². The van der Waals surface area contributed by atoms with Gasteiger partial charge in [-0.3, -0.25) is 4.79 Å². The Balaban J connectivity index is 1.94. The number of anilines is 4. The Hall–Kier alpha value is -3.41. The van der Waals surface area contributed by atoms with Gasteiger partial charge in [0.15, 0.2) is 0 Å². The standard InChI is InChI=1S/C18H17N5O/c1-12-6-2-3-7-14(12)22-15-10-17(21-11-13(15)18(19)24)23-16-8-4-5-9-20-16/h2-11H,1H3,(H2,19,24)(H2,20,21,22,23). The second-order valence-electron chi connectivity index (χ2n) is 5.26. The third-order valence-electron chi connectivity index (χ3n) is 3.50. The van der Waals surface area contributed by atoms with Crippen molar-refractivity contribution in [1.82, 2.24) is 9.97 Å². The SMILES string of the molecule is Cc1ccccc1Nc1cc(Nc2ccccn2)ncc1C(N)=O. The molecular formula is C18H17N5O. The number of hydrogen-bond donors (Lipinski definition) is 3. The van der Waals surface area contributed by atoms with E-state index in [1.807, 2.05) is 49.4 Å². The summed E-state index contributed by atoms with van der Waals surface area (Å²) in [6.45, 7) is 1.99. The molecule has 1 aromatic carbocycles. The molecule has 4 N–H and O–H groups in total. The summed E-state index contributed by atoms with van der Waals surface area (Å²) >= 11 is 0. The van der Waals surface area contributed by atoms with Crippen molar-refractivity contribution in [2.75, 3.05) is 10.6 Å². The molecule has 6 nitrogen and oxygen atoms in total. The molecule has 3 rings (SSSR count). The Morgan fingerprint density at radius 1 is 0.958 bits per heavy atom. The van der Waals surface area contributed by atoms with Gasteiger partial charge in [-0.2, -0.15) is 0 Å². The summed E-state index contributed by atoms with van der Waals surface area (Å²) in [5, 5.41) is 6.34. The maximum atomic E-state index is 11.7. The molecule has 6 heteroatoms. The number of primary amides is 1. The molecule has 0 saturated carbocycles. The van der Waals surface area contributed by atoms with E-state index in [-0.39, 0.29) is 0 Å². The highest BCUT2D eigenvalue weighted by atomic mass is 16.1. The molecule has 0 atom stereocenters. The van der Waals surface area contributed by atoms with Gasteiger partial charge in [0, 0.05) is 24.1 Å². The second-order valence-corrected chi connectivity index (χ2v) is 5.26. The zero-order chi connectivity index (χ0) is 16.9. The molecular weight excluding hydrogens is 302 g/mol. The van der Waals surface area contributed by atoms with E-state index in [0.717, 1.165) is 11.3 Å². The predicted octanol–water partition coefficient (Wildman–Crippen LogP) is 3.37. The maximum absolute atomic E-state index is 11.7. The van der Waals surface area contributed by atoms with Crippen LogP contribution in [-0.4, -0.2) is 15.9 Å². The van der Waals surface area contributed by atoms with E-state index >= 15 is 0 Å². The number of pyridine rings is 2. The van der Waals surface area contributed by atoms with Crippen molar-refractivity contribution in [2.24, 2.45) is 5.73 Å². The van der Waals surface area contributed by atoms with Gasteiger partial charge >= 0.3 is 0 Å². The van der Waals surface area contributed by atoms with Crippen LogP contribution in [0.3, 0.4) is 0 Å². The van der Waals surface area contributed by atoms with E-state index in [1.54, 1.807) is 12.3 Å². The lowest BCUT2D eigenvalue weighted by Gasteiger charge is -2.14. The van der Waals surface area contributed by atoms with Crippen LogP contribution >= 0.6 is 0 Å². The molecule has 0 unspecified atom stereocenters. The second kappa shape index (κ2) is 6.78. The van der Waals surface area contributed by atoms with E-state index in [2.05, 4.69) is 20.6 Å². The summed E-state index contributed by atoms with van der Waals surface area (Å²) in [4.78, 5) is 20.1. The molecule has 2 heterocycles. The van der Waals surface area contributed by atoms with Gasteiger partial charge in [-0.15, -0.1) is 0 Å². The van der Waals surface area contributed by atoms with Gasteiger partial charge in [0.05, 0.1) is 11.3 Å². The Kier molecular flexibility index (Phi) is 4.38. The Bertz CT molecular complexity index is 864. The summed E-state index contributed by atoms with van der Waals surface area (Å²) < 4.78 is 0. The first-order valence-electron chi connectivity index (χ1n) is 7.44. The lowest BCUT2D eigenvalue weighted by atomic mass is 10.1. The van der Waals surface area contributed by atoms with Crippen LogP contribution in [-0.2, 0) is 0 Å². The Morgan fingerprint density at radius 2 is 1.75 bits per heavy atom. The number of nitrogens with two attached hydrogens (primary N) is 1. The first-order valence-corrected chi connectivity index (χ1v) is 7.44. The van der Waals surface area contributed by atoms with Crippen LogP contribution in [0.5, 0.6) is 0 Å². The monoisotopic (exact) mass is 319 g/mol. The number of amides is 1. The van der Waals surface area contributed by atoms with Crippen molar-refractivity contribution >= 4 is 28.9 Å². The number of aryl methyl sites for hydroxylation is 1. The fourth-order valence-corrected chi connectivity index (χ4v) is 2.25. The molecule has 1 amide bonds. The number of aromatic nitrogens is 2. The number of benzene rings is 1. The van der Waals surface area contributed by atoms with Gasteiger partial charge in [0.2, 0.25) is 0 Å². The Morgan fingerprint density at radius 3 is 2.46 bits per heavy atom. The smallest absolute Gasteiger partial charge is 0.252 e. The van der Waals surface area contributed by atoms with Crippen molar-refractivity contribution in [1.29, 1.82) is 0 Å². The first-order chi connectivity index (χ1) is 11.6. The van der Waals surface area contributed by atoms with Crippen molar-refractivity contribution in [2.45, 2.75) is 6.92 Å². The zero-order valence-electron chi connectivity index (χ0n) is 13.2. The number of rotatable bonds is 5. The minimum Gasteiger partial charge on any atom is -0.365 e. The molecule has 0 fully saturated rings. The van der Waals surface area contributed by atoms with E-state index in [9.17, 15) is 4.79 Å². The lowest BCUT2D eigenvalue weighted by Crippen LogP contribution is -2.14. The molecule has 0 aliphatic heterocycles. The van der Waals surface area contributed by atoms with Gasteiger partial charge in [0.25, 0.3) is 5.91 Å². The highest BCUT2D eigenvalue weighted by molar-refractivity contribution is 5.99. The molecule has 0 spiro atoms. The number of carbonyl (C=O) groups is 1. The highest BCUT2D eigenvalue weighted by Gasteiger charge is 2.11. The minimum absolute atomic E-state index is 0.324. The van der Waals surface area contributed by atoms with Crippen LogP contribution in [0.1, 0.15) is 15.9 Å². The van der Waals surface area contributed by atoms with Gasteiger partial charge in [-0.25, -0.2) is 9.97 Å². The summed E-state index contributed by atoms with van der Waals surface area (Å²) in [5.41, 5.74) is 8.33. The van der Waals surface area contributed by atoms with Gasteiger partial charge in [-0.1, -0.05) is 24.3 Å². The van der Waals surface area contributed by atoms with Crippen LogP contribution < -0.4 is 16.4 Å². The molecule has 0 radical (unpaired) electrons. The maximum Gasteiger partial charge on any atom is 0.252 e. The molecule has 0 saturated heterocycles. The van der Waals surface area contributed by atoms with Crippen LogP contribution in [0.25, 0.3) is 0 Å². The molecule has 3 aromatic rings. The normalized spacial score (nSPS) is 10.2. The third kappa shape index (κ3) is 3.49. The van der Waals surface area contributed by atoms with Crippen LogP contribution in [0.2, 0.25) is 0 Å². The molecule has 24 heavy (non-hydrogen) atoms. The summed E-state index contributed by atoms with van der Waals surface area (Å²) in [6, 6.07) is 15.1. The van der Waals surface area contributed by atoms with Crippen molar-refractivity contribution in [3.05, 3.63) is 72.1 Å². The molecule has 0 aliphatic carbocycles. The number of hydrogen-bond acceptors (Lipinski definition) is 5. The van der Waals surface area contributed by atoms with Gasteiger partial charge < -0.3 is 16.4 Å². The highest BCUT2D eigenvalue weighted by Crippen LogP contribution is 2.26. The molecule has 0 bridgehead atoms. The largest absolute Gasteiger partial charge is 0.365 e. The third-order valence-corrected chi connectivity index (χ3v) is 3.50. The summed E-state index contributed by atoms with van der Waals surface area (Å²) in [5.74, 6) is 0.691. The summed E-state index contributed by atoms with van der Waals surface area (Å²) in [7, 11) is 0. The predicted molar refractivity (Wildman–Crippen MR) is 94.7 cm³/mol. The average molecular weight is 319 g/mol. The van der Waals surface area contributed by atoms with E-state index < -0.39 is 5.91 Å². The van der Waals surface area contributed by atoms with Crippen LogP contribution in [0, 0.1) is 6.92 Å². The Labute approximate surface area is 139 Å². The topological polar surface area (TPSA) is 92.9 Å². The van der Waals surface area contributed by atoms with Crippen LogP contribution in [0.15, 0.2) is 60.9 Å². The van der Waals surface area contributed by atoms with E-state index in [4.69, 9.17) is 5.73 Å². The molecule has 2 aromatic heterocycles. The quantitative estimate of drug-likeness (QED) is 0.670. The van der Waals surface area contributed by atoms with E-state index in [0.29, 0.717) is 22.9 Å². The number of nitrogens with zero attached hydrogens (tertiary/aromatic N) is 2.